The molecular weight excluding hydrogens is 298 g/mol. The number of benzene rings is 1. The zero-order valence-electron chi connectivity index (χ0n) is 13.2. The quantitative estimate of drug-likeness (QED) is 0.430. The lowest BCUT2D eigenvalue weighted by molar-refractivity contribution is -0.142. The first-order valence-electron chi connectivity index (χ1n) is 7.32. The molecule has 7 nitrogen and oxygen atoms in total. The predicted octanol–water partition coefficient (Wildman–Crippen LogP) is 2.61. The van der Waals surface area contributed by atoms with E-state index in [9.17, 15) is 14.5 Å². The van der Waals surface area contributed by atoms with Crippen molar-refractivity contribution in [3.63, 3.8) is 0 Å². The molecule has 0 aliphatic carbocycles. The van der Waals surface area contributed by atoms with Gasteiger partial charge in [-0.25, -0.2) is 4.79 Å². The zero-order valence-corrected chi connectivity index (χ0v) is 13.2. The van der Waals surface area contributed by atoms with Crippen LogP contribution in [-0.2, 0) is 16.1 Å². The van der Waals surface area contributed by atoms with Gasteiger partial charge in [-0.1, -0.05) is 30.3 Å². The molecule has 1 N–H and O–H groups in total. The number of nitrogens with one attached hydrogen (secondary N) is 1. The zero-order chi connectivity index (χ0) is 17.1. The highest BCUT2D eigenvalue weighted by Crippen LogP contribution is 2.16. The smallest absolute Gasteiger partial charge is 0.325 e. The second kappa shape index (κ2) is 10.1. The van der Waals surface area contributed by atoms with E-state index in [0.29, 0.717) is 12.3 Å². The van der Waals surface area contributed by atoms with Crippen LogP contribution in [0.2, 0.25) is 0 Å². The summed E-state index contributed by atoms with van der Waals surface area (Å²) in [6.45, 7) is 6.01. The number of carbonyl (C=O) groups excluding carboxylic acids is 2. The van der Waals surface area contributed by atoms with Crippen LogP contribution in [0.25, 0.3) is 0 Å². The molecule has 0 fully saturated rings. The average molecular weight is 319 g/mol. The number of ether oxygens (including phenoxy) is 1. The standard InChI is InChI=1S/C16H21N3O4/c1-3-9-19(14-7-5-13(6-8-14)11-18-22)16(21)17-12-15(20)23-10-4-2/h3,5-8H,1,4,9-12H2,2H3,(H,17,21). The molecule has 1 aromatic carbocycles. The summed E-state index contributed by atoms with van der Waals surface area (Å²) in [6.07, 6.45) is 2.31. The molecule has 0 saturated heterocycles. The van der Waals surface area contributed by atoms with Gasteiger partial charge >= 0.3 is 12.0 Å². The van der Waals surface area contributed by atoms with Crippen LogP contribution in [0.15, 0.2) is 42.1 Å². The van der Waals surface area contributed by atoms with E-state index in [1.54, 1.807) is 30.3 Å². The van der Waals surface area contributed by atoms with Crippen molar-refractivity contribution < 1.29 is 14.3 Å². The summed E-state index contributed by atoms with van der Waals surface area (Å²) in [7, 11) is 0. The van der Waals surface area contributed by atoms with E-state index >= 15 is 0 Å². The van der Waals surface area contributed by atoms with Gasteiger partial charge in [0.05, 0.1) is 6.61 Å². The summed E-state index contributed by atoms with van der Waals surface area (Å²) in [4.78, 5) is 35.3. The Morgan fingerprint density at radius 2 is 2.04 bits per heavy atom. The fourth-order valence-corrected chi connectivity index (χ4v) is 1.80. The highest BCUT2D eigenvalue weighted by molar-refractivity contribution is 5.94. The van der Waals surface area contributed by atoms with E-state index in [1.807, 2.05) is 6.92 Å². The van der Waals surface area contributed by atoms with Crippen molar-refractivity contribution in [2.75, 3.05) is 24.6 Å². The van der Waals surface area contributed by atoms with Crippen LogP contribution >= 0.6 is 0 Å². The monoisotopic (exact) mass is 319 g/mol. The van der Waals surface area contributed by atoms with E-state index in [-0.39, 0.29) is 19.6 Å². The maximum absolute atomic E-state index is 12.2. The maximum Gasteiger partial charge on any atom is 0.325 e. The Bertz CT molecular complexity index is 543. The minimum Gasteiger partial charge on any atom is -0.464 e. The number of urea groups is 1. The van der Waals surface area contributed by atoms with Gasteiger partial charge in [-0.15, -0.1) is 6.58 Å². The van der Waals surface area contributed by atoms with Crippen LogP contribution in [-0.4, -0.2) is 31.7 Å². The highest BCUT2D eigenvalue weighted by atomic mass is 16.5. The normalized spacial score (nSPS) is 9.78. The first-order valence-corrected chi connectivity index (χ1v) is 7.32. The van der Waals surface area contributed by atoms with Crippen LogP contribution in [0.1, 0.15) is 18.9 Å². The summed E-state index contributed by atoms with van der Waals surface area (Å²) in [5, 5.41) is 5.33. The third-order valence-corrected chi connectivity index (χ3v) is 2.90. The van der Waals surface area contributed by atoms with Crippen molar-refractivity contribution in [3.05, 3.63) is 47.4 Å². The lowest BCUT2D eigenvalue weighted by Crippen LogP contribution is -2.42. The molecule has 0 radical (unpaired) electrons. The Kier molecular flexibility index (Phi) is 8.06. The minimum atomic E-state index is -0.480. The van der Waals surface area contributed by atoms with Gasteiger partial charge < -0.3 is 10.1 Å². The average Bonchev–Trinajstić information content (AvgIpc) is 2.57. The van der Waals surface area contributed by atoms with E-state index in [4.69, 9.17) is 4.74 Å². The molecule has 124 valence electrons. The molecule has 0 aliphatic heterocycles. The molecule has 0 atom stereocenters. The molecular formula is C16H21N3O4. The number of anilines is 1. The molecule has 0 saturated carbocycles. The summed E-state index contributed by atoms with van der Waals surface area (Å²) >= 11 is 0. The molecule has 2 amide bonds. The van der Waals surface area contributed by atoms with Gasteiger partial charge in [-0.05, 0) is 24.1 Å². The number of esters is 1. The van der Waals surface area contributed by atoms with Gasteiger partial charge in [0, 0.05) is 12.2 Å². The number of nitrogens with zero attached hydrogens (tertiary/aromatic N) is 2. The van der Waals surface area contributed by atoms with Crippen LogP contribution in [0, 0.1) is 4.91 Å². The number of hydrogen-bond donors (Lipinski definition) is 1. The Morgan fingerprint density at radius 1 is 1.35 bits per heavy atom. The number of carbonyl (C=O) groups is 2. The molecule has 1 aromatic rings. The van der Waals surface area contributed by atoms with Crippen molar-refractivity contribution >= 4 is 17.7 Å². The van der Waals surface area contributed by atoms with E-state index in [0.717, 1.165) is 12.0 Å². The summed E-state index contributed by atoms with van der Waals surface area (Å²) in [5.74, 6) is -0.480. The number of nitroso groups, excluding NO2 is 1. The van der Waals surface area contributed by atoms with E-state index in [1.165, 1.54) is 4.90 Å². The second-order valence-corrected chi connectivity index (χ2v) is 4.73. The molecule has 23 heavy (non-hydrogen) atoms. The minimum absolute atomic E-state index is 0.0806. The van der Waals surface area contributed by atoms with Crippen LogP contribution in [0.3, 0.4) is 0 Å². The molecule has 0 bridgehead atoms. The van der Waals surface area contributed by atoms with Crippen molar-refractivity contribution in [3.8, 4) is 0 Å². The van der Waals surface area contributed by atoms with Crippen LogP contribution in [0.5, 0.6) is 0 Å². The third kappa shape index (κ3) is 6.29. The van der Waals surface area contributed by atoms with Gasteiger partial charge in [0.15, 0.2) is 0 Å². The molecule has 1 rings (SSSR count). The maximum atomic E-state index is 12.2. The lowest BCUT2D eigenvalue weighted by Gasteiger charge is -2.21. The first-order chi connectivity index (χ1) is 11.1. The van der Waals surface area contributed by atoms with Crippen LogP contribution < -0.4 is 10.2 Å². The van der Waals surface area contributed by atoms with Crippen molar-refractivity contribution in [1.29, 1.82) is 0 Å². The van der Waals surface area contributed by atoms with Crippen molar-refractivity contribution in [2.45, 2.75) is 19.9 Å². The fourth-order valence-electron chi connectivity index (χ4n) is 1.80. The Hall–Kier alpha value is -2.70. The van der Waals surface area contributed by atoms with Crippen molar-refractivity contribution in [1.82, 2.24) is 5.32 Å². The molecule has 0 spiro atoms. The van der Waals surface area contributed by atoms with Gasteiger partial charge in [0.25, 0.3) is 0 Å². The van der Waals surface area contributed by atoms with Gasteiger partial charge in [-0.2, -0.15) is 4.91 Å². The Morgan fingerprint density at radius 3 is 2.61 bits per heavy atom. The highest BCUT2D eigenvalue weighted by Gasteiger charge is 2.15. The number of amides is 2. The van der Waals surface area contributed by atoms with Crippen molar-refractivity contribution in [2.24, 2.45) is 5.18 Å². The molecule has 0 unspecified atom stereocenters. The molecule has 0 aliphatic rings. The van der Waals surface area contributed by atoms with Gasteiger partial charge in [-0.3, -0.25) is 9.69 Å². The number of hydrogen-bond acceptors (Lipinski definition) is 5. The third-order valence-electron chi connectivity index (χ3n) is 2.90. The summed E-state index contributed by atoms with van der Waals surface area (Å²) in [6, 6.07) is 6.42. The van der Waals surface area contributed by atoms with Crippen LogP contribution in [0.4, 0.5) is 10.5 Å². The first kappa shape index (κ1) is 18.3. The van der Waals surface area contributed by atoms with E-state index in [2.05, 4.69) is 17.1 Å². The Labute approximate surface area is 135 Å². The second-order valence-electron chi connectivity index (χ2n) is 4.73. The molecule has 0 heterocycles. The lowest BCUT2D eigenvalue weighted by atomic mass is 10.2. The SMILES string of the molecule is C=CCN(C(=O)NCC(=O)OCCC)c1ccc(CN=O)cc1. The fraction of sp³-hybridized carbons (Fsp3) is 0.375. The summed E-state index contributed by atoms with van der Waals surface area (Å²) < 4.78 is 4.90. The Balaban J connectivity index is 2.68. The topological polar surface area (TPSA) is 88.1 Å². The van der Waals surface area contributed by atoms with E-state index < -0.39 is 12.0 Å². The van der Waals surface area contributed by atoms with Gasteiger partial charge in [0.2, 0.25) is 0 Å². The largest absolute Gasteiger partial charge is 0.464 e. The molecule has 0 aromatic heterocycles. The molecule has 7 heteroatoms. The summed E-state index contributed by atoms with van der Waals surface area (Å²) in [5.41, 5.74) is 1.38. The predicted molar refractivity (Wildman–Crippen MR) is 88.1 cm³/mol. The van der Waals surface area contributed by atoms with Gasteiger partial charge in [0.1, 0.15) is 13.1 Å². The number of rotatable bonds is 9.